The first kappa shape index (κ1) is 26.0. The molecular weight excluding hydrogens is 540 g/mol. The number of carbonyl (C=O) groups excluding carboxylic acids is 3. The lowest BCUT2D eigenvalue weighted by molar-refractivity contribution is -0.122. The summed E-state index contributed by atoms with van der Waals surface area (Å²) >= 11 is 3.32. The van der Waals surface area contributed by atoms with Gasteiger partial charge in [0, 0.05) is 4.47 Å². The summed E-state index contributed by atoms with van der Waals surface area (Å²) in [6.07, 6.45) is 1.42. The van der Waals surface area contributed by atoms with Crippen LogP contribution in [0.5, 0.6) is 17.2 Å². The maximum Gasteiger partial charge on any atom is 0.335 e. The molecule has 3 aromatic rings. The summed E-state index contributed by atoms with van der Waals surface area (Å²) in [5.74, 6) is 0.226. The number of nitrogens with one attached hydrogen (secondary N) is 1. The van der Waals surface area contributed by atoms with E-state index in [4.69, 9.17) is 14.2 Å². The highest BCUT2D eigenvalue weighted by Gasteiger charge is 2.36. The SMILES string of the molecule is CCOc1cc(C=C2C(=O)NC(=O)N(c3ccc(Br)cc3)C2=O)ccc1OCCOc1ccc(C)cc1. The summed E-state index contributed by atoms with van der Waals surface area (Å²) in [5.41, 5.74) is 1.86. The molecule has 1 fully saturated rings. The third kappa shape index (κ3) is 6.37. The van der Waals surface area contributed by atoms with E-state index in [1.54, 1.807) is 42.5 Å². The van der Waals surface area contributed by atoms with E-state index < -0.39 is 17.8 Å². The normalized spacial score (nSPS) is 14.5. The van der Waals surface area contributed by atoms with Crippen molar-refractivity contribution in [2.75, 3.05) is 24.7 Å². The van der Waals surface area contributed by atoms with E-state index in [9.17, 15) is 14.4 Å². The number of imide groups is 2. The molecule has 1 aliphatic rings. The predicted octanol–water partition coefficient (Wildman–Crippen LogP) is 5.28. The van der Waals surface area contributed by atoms with E-state index in [2.05, 4.69) is 21.2 Å². The number of nitrogens with zero attached hydrogens (tertiary/aromatic N) is 1. The number of ether oxygens (including phenoxy) is 3. The summed E-state index contributed by atoms with van der Waals surface area (Å²) in [5, 5.41) is 2.22. The number of hydrogen-bond acceptors (Lipinski definition) is 6. The fourth-order valence-corrected chi connectivity index (χ4v) is 3.86. The molecule has 4 amide bonds. The van der Waals surface area contributed by atoms with Crippen molar-refractivity contribution < 1.29 is 28.6 Å². The van der Waals surface area contributed by atoms with Crippen LogP contribution in [0.2, 0.25) is 0 Å². The Labute approximate surface area is 223 Å². The summed E-state index contributed by atoms with van der Waals surface area (Å²) in [7, 11) is 0. The van der Waals surface area contributed by atoms with Gasteiger partial charge in [0.25, 0.3) is 11.8 Å². The Morgan fingerprint density at radius 2 is 1.57 bits per heavy atom. The molecule has 0 radical (unpaired) electrons. The minimum absolute atomic E-state index is 0.176. The third-order valence-electron chi connectivity index (χ3n) is 5.40. The molecule has 190 valence electrons. The Morgan fingerprint density at radius 1 is 0.865 bits per heavy atom. The highest BCUT2D eigenvalue weighted by molar-refractivity contribution is 9.10. The quantitative estimate of drug-likeness (QED) is 0.216. The zero-order valence-electron chi connectivity index (χ0n) is 20.3. The first-order valence-electron chi connectivity index (χ1n) is 11.6. The van der Waals surface area contributed by atoms with Gasteiger partial charge in [0.15, 0.2) is 11.5 Å². The topological polar surface area (TPSA) is 94.2 Å². The number of rotatable bonds is 9. The second kappa shape index (κ2) is 11.7. The second-order valence-corrected chi connectivity index (χ2v) is 9.00. The zero-order chi connectivity index (χ0) is 26.4. The number of aryl methyl sites for hydroxylation is 1. The first-order valence-corrected chi connectivity index (χ1v) is 12.4. The number of hydrogen-bond donors (Lipinski definition) is 1. The number of barbiturate groups is 1. The lowest BCUT2D eigenvalue weighted by atomic mass is 10.1. The summed E-state index contributed by atoms with van der Waals surface area (Å²) in [6.45, 7) is 4.88. The Bertz CT molecular complexity index is 1340. The van der Waals surface area contributed by atoms with E-state index in [0.717, 1.165) is 20.7 Å². The van der Waals surface area contributed by atoms with Gasteiger partial charge in [-0.1, -0.05) is 39.7 Å². The maximum absolute atomic E-state index is 13.1. The number of amides is 4. The van der Waals surface area contributed by atoms with Crippen molar-refractivity contribution in [3.05, 3.63) is 87.9 Å². The molecule has 3 aromatic carbocycles. The fourth-order valence-electron chi connectivity index (χ4n) is 3.60. The molecule has 1 heterocycles. The predicted molar refractivity (Wildman–Crippen MR) is 143 cm³/mol. The smallest absolute Gasteiger partial charge is 0.335 e. The molecular formula is C28H25BrN2O6. The van der Waals surface area contributed by atoms with Crippen LogP contribution in [0.3, 0.4) is 0 Å². The van der Waals surface area contributed by atoms with Crippen molar-refractivity contribution in [3.63, 3.8) is 0 Å². The fraction of sp³-hybridized carbons (Fsp3) is 0.179. The molecule has 0 atom stereocenters. The molecule has 0 aliphatic carbocycles. The van der Waals surface area contributed by atoms with Crippen LogP contribution in [0.15, 0.2) is 76.8 Å². The molecule has 1 N–H and O–H groups in total. The van der Waals surface area contributed by atoms with Crippen molar-refractivity contribution in [2.45, 2.75) is 13.8 Å². The minimum atomic E-state index is -0.805. The van der Waals surface area contributed by atoms with E-state index in [-0.39, 0.29) is 5.57 Å². The molecule has 0 aromatic heterocycles. The molecule has 0 bridgehead atoms. The average Bonchev–Trinajstić information content (AvgIpc) is 2.87. The number of urea groups is 1. The van der Waals surface area contributed by atoms with Gasteiger partial charge in [-0.2, -0.15) is 0 Å². The first-order chi connectivity index (χ1) is 17.9. The molecule has 4 rings (SSSR count). The molecule has 1 aliphatic heterocycles. The van der Waals surface area contributed by atoms with Gasteiger partial charge in [0.2, 0.25) is 0 Å². The van der Waals surface area contributed by atoms with Crippen LogP contribution in [0.1, 0.15) is 18.1 Å². The molecule has 8 nitrogen and oxygen atoms in total. The van der Waals surface area contributed by atoms with Gasteiger partial charge in [0.1, 0.15) is 24.5 Å². The summed E-state index contributed by atoms with van der Waals surface area (Å²) in [4.78, 5) is 39.0. The molecule has 37 heavy (non-hydrogen) atoms. The lowest BCUT2D eigenvalue weighted by Gasteiger charge is -2.26. The Kier molecular flexibility index (Phi) is 8.25. The summed E-state index contributed by atoms with van der Waals surface area (Å²) in [6, 6.07) is 18.6. The average molecular weight is 565 g/mol. The zero-order valence-corrected chi connectivity index (χ0v) is 21.9. The maximum atomic E-state index is 13.1. The Balaban J connectivity index is 1.50. The number of carbonyl (C=O) groups is 3. The minimum Gasteiger partial charge on any atom is -0.490 e. The van der Waals surface area contributed by atoms with Crippen LogP contribution in [-0.4, -0.2) is 37.7 Å². The van der Waals surface area contributed by atoms with Gasteiger partial charge in [0.05, 0.1) is 12.3 Å². The van der Waals surface area contributed by atoms with Crippen LogP contribution < -0.4 is 24.4 Å². The van der Waals surface area contributed by atoms with Crippen LogP contribution in [0.4, 0.5) is 10.5 Å². The van der Waals surface area contributed by atoms with E-state index in [1.165, 1.54) is 6.08 Å². The monoisotopic (exact) mass is 564 g/mol. The Hall–Kier alpha value is -4.11. The van der Waals surface area contributed by atoms with Gasteiger partial charge >= 0.3 is 6.03 Å². The van der Waals surface area contributed by atoms with Gasteiger partial charge < -0.3 is 14.2 Å². The van der Waals surface area contributed by atoms with Crippen molar-refractivity contribution in [1.82, 2.24) is 5.32 Å². The van der Waals surface area contributed by atoms with E-state index in [1.807, 2.05) is 38.1 Å². The van der Waals surface area contributed by atoms with Crippen molar-refractivity contribution in [3.8, 4) is 17.2 Å². The third-order valence-corrected chi connectivity index (χ3v) is 5.92. The highest BCUT2D eigenvalue weighted by atomic mass is 79.9. The number of anilines is 1. The number of benzene rings is 3. The highest BCUT2D eigenvalue weighted by Crippen LogP contribution is 2.30. The van der Waals surface area contributed by atoms with Gasteiger partial charge in [-0.15, -0.1) is 0 Å². The molecule has 9 heteroatoms. The number of halogens is 1. The molecule has 1 saturated heterocycles. The van der Waals surface area contributed by atoms with Crippen LogP contribution in [-0.2, 0) is 9.59 Å². The van der Waals surface area contributed by atoms with Crippen LogP contribution in [0, 0.1) is 6.92 Å². The second-order valence-electron chi connectivity index (χ2n) is 8.08. The lowest BCUT2D eigenvalue weighted by Crippen LogP contribution is -2.54. The van der Waals surface area contributed by atoms with Gasteiger partial charge in [-0.05, 0) is 74.0 Å². The largest absolute Gasteiger partial charge is 0.490 e. The van der Waals surface area contributed by atoms with E-state index in [0.29, 0.717) is 42.6 Å². The summed E-state index contributed by atoms with van der Waals surface area (Å²) < 4.78 is 18.1. The van der Waals surface area contributed by atoms with Crippen molar-refractivity contribution >= 4 is 45.5 Å². The van der Waals surface area contributed by atoms with Crippen molar-refractivity contribution in [1.29, 1.82) is 0 Å². The standard InChI is InChI=1S/C28H25BrN2O6/c1-3-35-25-17-19(6-13-24(25)37-15-14-36-22-11-4-18(2)5-12-22)16-23-26(32)30-28(34)31(27(23)33)21-9-7-20(29)8-10-21/h4-13,16-17H,3,14-15H2,1-2H3,(H,30,32,34). The van der Waals surface area contributed by atoms with Crippen molar-refractivity contribution in [2.24, 2.45) is 0 Å². The van der Waals surface area contributed by atoms with Gasteiger partial charge in [-0.3, -0.25) is 14.9 Å². The molecule has 0 spiro atoms. The Morgan fingerprint density at radius 3 is 2.27 bits per heavy atom. The van der Waals surface area contributed by atoms with Crippen LogP contribution >= 0.6 is 15.9 Å². The van der Waals surface area contributed by atoms with Crippen LogP contribution in [0.25, 0.3) is 6.08 Å². The molecule has 0 unspecified atom stereocenters. The van der Waals surface area contributed by atoms with E-state index >= 15 is 0 Å². The van der Waals surface area contributed by atoms with Gasteiger partial charge in [-0.25, -0.2) is 9.69 Å². The molecule has 0 saturated carbocycles.